The number of anilines is 1. The van der Waals surface area contributed by atoms with Crippen molar-refractivity contribution in [1.29, 1.82) is 0 Å². The Morgan fingerprint density at radius 2 is 1.94 bits per heavy atom. The Hall–Kier alpha value is -1.87. The van der Waals surface area contributed by atoms with E-state index >= 15 is 0 Å². The molecule has 18 heavy (non-hydrogen) atoms. The van der Waals surface area contributed by atoms with Gasteiger partial charge in [0.05, 0.1) is 5.02 Å². The fourth-order valence-electron chi connectivity index (χ4n) is 1.55. The molecule has 2 rings (SSSR count). The van der Waals surface area contributed by atoms with Gasteiger partial charge < -0.3 is 5.32 Å². The normalized spacial score (nSPS) is 10.1. The maximum Gasteiger partial charge on any atom is 0.164 e. The predicted molar refractivity (Wildman–Crippen MR) is 73.1 cm³/mol. The molecule has 0 saturated heterocycles. The van der Waals surface area contributed by atoms with Gasteiger partial charge in [0.25, 0.3) is 0 Å². The number of nitrogens with one attached hydrogen (secondary N) is 1. The number of carbonyl (C=O) groups is 1. The van der Waals surface area contributed by atoms with Crippen molar-refractivity contribution >= 4 is 23.2 Å². The predicted octanol–water partition coefficient (Wildman–Crippen LogP) is 3.42. The molecule has 1 aromatic carbocycles. The SMILES string of the molecule is O=C(CCNc1ccc(Cl)cn1)c1ccccc1. The Morgan fingerprint density at radius 1 is 1.17 bits per heavy atom. The number of aromatic nitrogens is 1. The van der Waals surface area contributed by atoms with Gasteiger partial charge in [-0.05, 0) is 12.1 Å². The van der Waals surface area contributed by atoms with Crippen molar-refractivity contribution < 1.29 is 4.79 Å². The molecule has 92 valence electrons. The van der Waals surface area contributed by atoms with Gasteiger partial charge in [0.2, 0.25) is 0 Å². The van der Waals surface area contributed by atoms with E-state index in [1.807, 2.05) is 30.3 Å². The molecule has 2 aromatic rings. The van der Waals surface area contributed by atoms with Crippen LogP contribution in [-0.4, -0.2) is 17.3 Å². The van der Waals surface area contributed by atoms with Crippen LogP contribution in [0.25, 0.3) is 0 Å². The summed E-state index contributed by atoms with van der Waals surface area (Å²) in [5, 5.41) is 3.68. The molecule has 0 atom stereocenters. The maximum atomic E-state index is 11.8. The zero-order chi connectivity index (χ0) is 12.8. The molecule has 4 heteroatoms. The number of hydrogen-bond donors (Lipinski definition) is 1. The third-order valence-electron chi connectivity index (χ3n) is 2.48. The van der Waals surface area contributed by atoms with Crippen LogP contribution in [0.5, 0.6) is 0 Å². The number of ketones is 1. The van der Waals surface area contributed by atoms with Gasteiger partial charge in [0.15, 0.2) is 5.78 Å². The van der Waals surface area contributed by atoms with Crippen LogP contribution in [0.4, 0.5) is 5.82 Å². The van der Waals surface area contributed by atoms with Crippen molar-refractivity contribution in [2.75, 3.05) is 11.9 Å². The van der Waals surface area contributed by atoms with Crippen LogP contribution in [0.1, 0.15) is 16.8 Å². The fourth-order valence-corrected chi connectivity index (χ4v) is 1.66. The van der Waals surface area contributed by atoms with Crippen LogP contribution >= 0.6 is 11.6 Å². The average molecular weight is 261 g/mol. The highest BCUT2D eigenvalue weighted by Gasteiger charge is 2.04. The van der Waals surface area contributed by atoms with E-state index < -0.39 is 0 Å². The van der Waals surface area contributed by atoms with Gasteiger partial charge in [0, 0.05) is 24.7 Å². The van der Waals surface area contributed by atoms with E-state index in [1.54, 1.807) is 18.3 Å². The number of halogens is 1. The Labute approximate surface area is 111 Å². The minimum absolute atomic E-state index is 0.122. The number of rotatable bonds is 5. The molecule has 0 amide bonds. The van der Waals surface area contributed by atoms with Gasteiger partial charge in [-0.3, -0.25) is 4.79 Å². The van der Waals surface area contributed by atoms with Crippen molar-refractivity contribution in [3.8, 4) is 0 Å². The molecular formula is C14H13ClN2O. The van der Waals surface area contributed by atoms with Crippen molar-refractivity contribution in [3.05, 3.63) is 59.2 Å². The first-order valence-corrected chi connectivity index (χ1v) is 6.07. The molecule has 0 saturated carbocycles. The second-order valence-corrected chi connectivity index (χ2v) is 4.26. The number of pyridine rings is 1. The number of benzene rings is 1. The van der Waals surface area contributed by atoms with Crippen LogP contribution in [0.15, 0.2) is 48.7 Å². The molecule has 3 nitrogen and oxygen atoms in total. The van der Waals surface area contributed by atoms with Gasteiger partial charge in [-0.25, -0.2) is 4.98 Å². The van der Waals surface area contributed by atoms with Gasteiger partial charge in [-0.2, -0.15) is 0 Å². The highest BCUT2D eigenvalue weighted by molar-refractivity contribution is 6.30. The van der Waals surface area contributed by atoms with Crippen LogP contribution in [-0.2, 0) is 0 Å². The zero-order valence-electron chi connectivity index (χ0n) is 9.77. The summed E-state index contributed by atoms with van der Waals surface area (Å²) in [4.78, 5) is 15.9. The molecule has 0 spiro atoms. The van der Waals surface area contributed by atoms with Crippen LogP contribution in [0.3, 0.4) is 0 Å². The molecule has 0 aliphatic carbocycles. The van der Waals surface area contributed by atoms with Crippen LogP contribution in [0, 0.1) is 0 Å². The first kappa shape index (κ1) is 12.6. The van der Waals surface area contributed by atoms with Gasteiger partial charge in [-0.1, -0.05) is 41.9 Å². The van der Waals surface area contributed by atoms with Gasteiger partial charge >= 0.3 is 0 Å². The Bertz CT molecular complexity index is 511. The molecule has 1 aromatic heterocycles. The summed E-state index contributed by atoms with van der Waals surface area (Å²) in [6, 6.07) is 12.8. The van der Waals surface area contributed by atoms with E-state index in [2.05, 4.69) is 10.3 Å². The highest BCUT2D eigenvalue weighted by atomic mass is 35.5. The number of carbonyl (C=O) groups excluding carboxylic acids is 1. The van der Waals surface area contributed by atoms with Crippen molar-refractivity contribution in [2.24, 2.45) is 0 Å². The lowest BCUT2D eigenvalue weighted by Gasteiger charge is -2.05. The van der Waals surface area contributed by atoms with Crippen LogP contribution < -0.4 is 5.32 Å². The average Bonchev–Trinajstić information content (AvgIpc) is 2.42. The van der Waals surface area contributed by atoms with Crippen molar-refractivity contribution in [1.82, 2.24) is 4.98 Å². The van der Waals surface area contributed by atoms with Crippen molar-refractivity contribution in [2.45, 2.75) is 6.42 Å². The van der Waals surface area contributed by atoms with E-state index in [4.69, 9.17) is 11.6 Å². The molecule has 0 unspecified atom stereocenters. The summed E-state index contributed by atoms with van der Waals surface area (Å²) in [6.45, 7) is 0.558. The third-order valence-corrected chi connectivity index (χ3v) is 2.70. The summed E-state index contributed by atoms with van der Waals surface area (Å²) < 4.78 is 0. The second-order valence-electron chi connectivity index (χ2n) is 3.83. The first-order chi connectivity index (χ1) is 8.75. The van der Waals surface area contributed by atoms with E-state index in [-0.39, 0.29) is 5.78 Å². The van der Waals surface area contributed by atoms with Gasteiger partial charge in [-0.15, -0.1) is 0 Å². The quantitative estimate of drug-likeness (QED) is 0.838. The summed E-state index contributed by atoms with van der Waals surface area (Å²) in [5.41, 5.74) is 0.739. The van der Waals surface area contributed by atoms with E-state index in [0.717, 1.165) is 11.4 Å². The van der Waals surface area contributed by atoms with Crippen molar-refractivity contribution in [3.63, 3.8) is 0 Å². The summed E-state index contributed by atoms with van der Waals surface area (Å²) >= 11 is 5.73. The molecule has 0 radical (unpaired) electrons. The fraction of sp³-hybridized carbons (Fsp3) is 0.143. The lowest BCUT2D eigenvalue weighted by atomic mass is 10.1. The maximum absolute atomic E-state index is 11.8. The second kappa shape index (κ2) is 6.17. The topological polar surface area (TPSA) is 42.0 Å². The van der Waals surface area contributed by atoms with E-state index in [1.165, 1.54) is 0 Å². The third kappa shape index (κ3) is 3.57. The Kier molecular flexibility index (Phi) is 4.31. The first-order valence-electron chi connectivity index (χ1n) is 5.69. The minimum atomic E-state index is 0.122. The molecule has 0 aliphatic rings. The molecular weight excluding hydrogens is 248 g/mol. The standard InChI is InChI=1S/C14H13ClN2O/c15-12-6-7-14(17-10-12)16-9-8-13(18)11-4-2-1-3-5-11/h1-7,10H,8-9H2,(H,16,17). The summed E-state index contributed by atoms with van der Waals surface area (Å²) in [7, 11) is 0. The van der Waals surface area contributed by atoms with Gasteiger partial charge in [0.1, 0.15) is 5.82 Å². The lowest BCUT2D eigenvalue weighted by molar-refractivity contribution is 0.0986. The minimum Gasteiger partial charge on any atom is -0.370 e. The lowest BCUT2D eigenvalue weighted by Crippen LogP contribution is -2.09. The van der Waals surface area contributed by atoms with E-state index in [0.29, 0.717) is 18.0 Å². The molecule has 1 N–H and O–H groups in total. The zero-order valence-corrected chi connectivity index (χ0v) is 10.5. The molecule has 0 bridgehead atoms. The van der Waals surface area contributed by atoms with Crippen LogP contribution in [0.2, 0.25) is 5.02 Å². The molecule has 1 heterocycles. The number of Topliss-reactive ketones (excluding diaryl/α,β-unsaturated/α-hetero) is 1. The summed E-state index contributed by atoms with van der Waals surface area (Å²) in [5.74, 6) is 0.845. The Balaban J connectivity index is 1.82. The highest BCUT2D eigenvalue weighted by Crippen LogP contribution is 2.10. The monoisotopic (exact) mass is 260 g/mol. The summed E-state index contributed by atoms with van der Waals surface area (Å²) in [6.07, 6.45) is 2.01. The Morgan fingerprint density at radius 3 is 2.61 bits per heavy atom. The number of hydrogen-bond acceptors (Lipinski definition) is 3. The smallest absolute Gasteiger partial charge is 0.164 e. The molecule has 0 fully saturated rings. The molecule has 0 aliphatic heterocycles. The largest absolute Gasteiger partial charge is 0.370 e. The number of nitrogens with zero attached hydrogens (tertiary/aromatic N) is 1. The van der Waals surface area contributed by atoms with E-state index in [9.17, 15) is 4.79 Å².